The van der Waals surface area contributed by atoms with Crippen LogP contribution in [-0.4, -0.2) is 49.0 Å². The van der Waals surface area contributed by atoms with Crippen molar-refractivity contribution in [1.29, 1.82) is 0 Å². The zero-order valence-corrected chi connectivity index (χ0v) is 12.4. The van der Waals surface area contributed by atoms with Gasteiger partial charge in [-0.1, -0.05) is 26.0 Å². The molecule has 1 fully saturated rings. The molecule has 2 atom stereocenters. The summed E-state index contributed by atoms with van der Waals surface area (Å²) < 4.78 is 11.2. The Kier molecular flexibility index (Phi) is 5.83. The fourth-order valence-corrected chi connectivity index (χ4v) is 2.41. The highest BCUT2D eigenvalue weighted by Crippen LogP contribution is 2.24. The number of rotatable bonds is 6. The second-order valence-electron chi connectivity index (χ2n) is 5.16. The van der Waals surface area contributed by atoms with E-state index in [0.29, 0.717) is 6.61 Å². The summed E-state index contributed by atoms with van der Waals surface area (Å²) in [4.78, 5) is 2.30. The summed E-state index contributed by atoms with van der Waals surface area (Å²) in [6, 6.07) is 7.66. The molecule has 0 spiro atoms. The predicted octanol–water partition coefficient (Wildman–Crippen LogP) is 2.23. The van der Waals surface area contributed by atoms with Gasteiger partial charge in [-0.05, 0) is 30.7 Å². The molecule has 0 aromatic heterocycles. The average Bonchev–Trinajstić information content (AvgIpc) is 2.52. The molecule has 4 heteroatoms. The number of benzene rings is 1. The van der Waals surface area contributed by atoms with Crippen LogP contribution in [0.2, 0.25) is 0 Å². The van der Waals surface area contributed by atoms with Gasteiger partial charge in [0.25, 0.3) is 0 Å². The Labute approximate surface area is 121 Å². The topological polar surface area (TPSA) is 41.9 Å². The minimum Gasteiger partial charge on any atom is -0.494 e. The van der Waals surface area contributed by atoms with Crippen molar-refractivity contribution in [2.45, 2.75) is 32.5 Å². The lowest BCUT2D eigenvalue weighted by Gasteiger charge is -2.34. The normalized spacial score (nSPS) is 21.6. The Hall–Kier alpha value is -1.10. The van der Waals surface area contributed by atoms with E-state index >= 15 is 0 Å². The first kappa shape index (κ1) is 15.3. The number of hydrogen-bond donors (Lipinski definition) is 1. The molecule has 1 saturated heterocycles. The lowest BCUT2D eigenvalue weighted by molar-refractivity contribution is -0.0888. The third-order valence-electron chi connectivity index (χ3n) is 3.67. The van der Waals surface area contributed by atoms with Crippen LogP contribution in [0, 0.1) is 0 Å². The van der Waals surface area contributed by atoms with Crippen LogP contribution >= 0.6 is 0 Å². The van der Waals surface area contributed by atoms with Gasteiger partial charge in [0.2, 0.25) is 0 Å². The van der Waals surface area contributed by atoms with Gasteiger partial charge in [0.1, 0.15) is 18.0 Å². The molecule has 2 unspecified atom stereocenters. The van der Waals surface area contributed by atoms with E-state index in [0.717, 1.165) is 44.0 Å². The van der Waals surface area contributed by atoms with Crippen molar-refractivity contribution in [2.24, 2.45) is 0 Å². The fraction of sp³-hybridized carbons (Fsp3) is 0.625. The molecule has 112 valence electrons. The molecule has 1 heterocycles. The van der Waals surface area contributed by atoms with Crippen molar-refractivity contribution in [3.63, 3.8) is 0 Å². The number of ether oxygens (including phenoxy) is 2. The molecule has 2 rings (SSSR count). The highest BCUT2D eigenvalue weighted by atomic mass is 16.5. The number of morpholine rings is 1. The Morgan fingerprint density at radius 3 is 2.75 bits per heavy atom. The molecule has 0 aliphatic carbocycles. The number of likely N-dealkylation sites (N-methyl/N-ethyl adjacent to an activating group) is 1. The van der Waals surface area contributed by atoms with Gasteiger partial charge in [0, 0.05) is 13.1 Å². The van der Waals surface area contributed by atoms with Crippen LogP contribution in [0.5, 0.6) is 5.75 Å². The van der Waals surface area contributed by atoms with Crippen molar-refractivity contribution >= 4 is 0 Å². The third-order valence-corrected chi connectivity index (χ3v) is 3.67. The van der Waals surface area contributed by atoms with Crippen LogP contribution in [0.4, 0.5) is 0 Å². The summed E-state index contributed by atoms with van der Waals surface area (Å²) in [5.41, 5.74) is 0.886. The average molecular weight is 279 g/mol. The Bertz CT molecular complexity index is 393. The van der Waals surface area contributed by atoms with E-state index in [1.165, 1.54) is 0 Å². The van der Waals surface area contributed by atoms with Crippen molar-refractivity contribution in [3.8, 4) is 5.75 Å². The maximum absolute atomic E-state index is 10.4. The first-order valence-corrected chi connectivity index (χ1v) is 7.49. The number of hydrogen-bond acceptors (Lipinski definition) is 4. The lowest BCUT2D eigenvalue weighted by Crippen LogP contribution is -2.44. The standard InChI is InChI=1S/C16H25NO3/c1-3-10-19-14-7-5-13(6-8-14)16(18)15-12-17(4-2)9-11-20-15/h5-8,15-16,18H,3-4,9-12H2,1-2H3. The summed E-state index contributed by atoms with van der Waals surface area (Å²) in [5.74, 6) is 0.850. The number of aliphatic hydroxyl groups excluding tert-OH is 1. The van der Waals surface area contributed by atoms with Crippen LogP contribution in [0.25, 0.3) is 0 Å². The van der Waals surface area contributed by atoms with Gasteiger partial charge >= 0.3 is 0 Å². The molecular formula is C16H25NO3. The van der Waals surface area contributed by atoms with E-state index in [9.17, 15) is 5.11 Å². The van der Waals surface area contributed by atoms with Crippen molar-refractivity contribution < 1.29 is 14.6 Å². The lowest BCUT2D eigenvalue weighted by atomic mass is 10.0. The van der Waals surface area contributed by atoms with E-state index in [1.54, 1.807) is 0 Å². The molecule has 4 nitrogen and oxygen atoms in total. The molecule has 1 N–H and O–H groups in total. The molecule has 20 heavy (non-hydrogen) atoms. The molecule has 1 aromatic carbocycles. The van der Waals surface area contributed by atoms with Crippen LogP contribution in [0.1, 0.15) is 31.9 Å². The van der Waals surface area contributed by atoms with Gasteiger partial charge in [0.05, 0.1) is 13.2 Å². The van der Waals surface area contributed by atoms with E-state index in [4.69, 9.17) is 9.47 Å². The smallest absolute Gasteiger partial charge is 0.119 e. The van der Waals surface area contributed by atoms with Gasteiger partial charge in [-0.3, -0.25) is 4.90 Å². The largest absolute Gasteiger partial charge is 0.494 e. The molecule has 0 saturated carbocycles. The molecule has 1 aliphatic rings. The van der Waals surface area contributed by atoms with Gasteiger partial charge < -0.3 is 14.6 Å². The zero-order valence-electron chi connectivity index (χ0n) is 12.4. The Morgan fingerprint density at radius 1 is 1.35 bits per heavy atom. The minimum absolute atomic E-state index is 0.147. The molecule has 1 aromatic rings. The van der Waals surface area contributed by atoms with Crippen molar-refractivity contribution in [3.05, 3.63) is 29.8 Å². The summed E-state index contributed by atoms with van der Waals surface area (Å²) in [7, 11) is 0. The van der Waals surface area contributed by atoms with E-state index in [1.807, 2.05) is 24.3 Å². The molecule has 1 aliphatic heterocycles. The van der Waals surface area contributed by atoms with Crippen LogP contribution in [0.3, 0.4) is 0 Å². The fourth-order valence-electron chi connectivity index (χ4n) is 2.41. The maximum Gasteiger partial charge on any atom is 0.119 e. The summed E-state index contributed by atoms with van der Waals surface area (Å²) >= 11 is 0. The van der Waals surface area contributed by atoms with Gasteiger partial charge in [0.15, 0.2) is 0 Å². The molecule has 0 bridgehead atoms. The predicted molar refractivity (Wildman–Crippen MR) is 79.0 cm³/mol. The maximum atomic E-state index is 10.4. The number of nitrogens with zero attached hydrogens (tertiary/aromatic N) is 1. The Balaban J connectivity index is 1.95. The Morgan fingerprint density at radius 2 is 2.10 bits per heavy atom. The van der Waals surface area contributed by atoms with Crippen molar-refractivity contribution in [2.75, 3.05) is 32.8 Å². The molecule has 0 radical (unpaired) electrons. The SMILES string of the molecule is CCCOc1ccc(C(O)C2CN(CC)CCO2)cc1. The molecular weight excluding hydrogens is 254 g/mol. The summed E-state index contributed by atoms with van der Waals surface area (Å²) in [6.45, 7) is 8.35. The van der Waals surface area contributed by atoms with E-state index in [2.05, 4.69) is 18.7 Å². The second-order valence-corrected chi connectivity index (χ2v) is 5.16. The van der Waals surface area contributed by atoms with Crippen LogP contribution in [0.15, 0.2) is 24.3 Å². The number of aliphatic hydroxyl groups is 1. The van der Waals surface area contributed by atoms with Crippen LogP contribution < -0.4 is 4.74 Å². The minimum atomic E-state index is -0.579. The second kappa shape index (κ2) is 7.62. The quantitative estimate of drug-likeness (QED) is 0.867. The van der Waals surface area contributed by atoms with Gasteiger partial charge in [-0.25, -0.2) is 0 Å². The molecule has 0 amide bonds. The monoisotopic (exact) mass is 279 g/mol. The van der Waals surface area contributed by atoms with E-state index < -0.39 is 6.10 Å². The highest BCUT2D eigenvalue weighted by Gasteiger charge is 2.27. The van der Waals surface area contributed by atoms with Gasteiger partial charge in [-0.15, -0.1) is 0 Å². The zero-order chi connectivity index (χ0) is 14.4. The first-order chi connectivity index (χ1) is 9.74. The van der Waals surface area contributed by atoms with Crippen LogP contribution in [-0.2, 0) is 4.74 Å². The summed E-state index contributed by atoms with van der Waals surface area (Å²) in [6.07, 6.45) is 0.267. The third kappa shape index (κ3) is 3.95. The van der Waals surface area contributed by atoms with Gasteiger partial charge in [-0.2, -0.15) is 0 Å². The summed E-state index contributed by atoms with van der Waals surface area (Å²) in [5, 5.41) is 10.4. The van der Waals surface area contributed by atoms with Crippen molar-refractivity contribution in [1.82, 2.24) is 4.90 Å². The van der Waals surface area contributed by atoms with E-state index in [-0.39, 0.29) is 6.10 Å². The first-order valence-electron chi connectivity index (χ1n) is 7.49. The highest BCUT2D eigenvalue weighted by molar-refractivity contribution is 5.29.